The van der Waals surface area contributed by atoms with Crippen LogP contribution in [-0.2, 0) is 19.2 Å². The Kier molecular flexibility index (Phi) is 5.71. The molecule has 0 unspecified atom stereocenters. The first-order valence-electron chi connectivity index (χ1n) is 6.23. The van der Waals surface area contributed by atoms with Crippen molar-refractivity contribution in [3.8, 4) is 0 Å². The van der Waals surface area contributed by atoms with E-state index in [1.165, 1.54) is 6.92 Å². The molecule has 0 aliphatic rings. The van der Waals surface area contributed by atoms with Crippen LogP contribution in [0.3, 0.4) is 0 Å². The maximum Gasteiger partial charge on any atom is 0.362 e. The summed E-state index contributed by atoms with van der Waals surface area (Å²) in [6, 6.07) is 8.53. The van der Waals surface area contributed by atoms with Gasteiger partial charge in [0.05, 0.1) is 13.2 Å². The van der Waals surface area contributed by atoms with Gasteiger partial charge in [0.15, 0.2) is 5.85 Å². The molecule has 0 saturated carbocycles. The van der Waals surface area contributed by atoms with E-state index in [-0.39, 0.29) is 13.2 Å². The molecule has 0 aliphatic heterocycles. The molecule has 0 amide bonds. The van der Waals surface area contributed by atoms with Crippen LogP contribution in [0.25, 0.3) is 0 Å². The van der Waals surface area contributed by atoms with E-state index in [1.807, 2.05) is 0 Å². The molecule has 1 rings (SSSR count). The van der Waals surface area contributed by atoms with Gasteiger partial charge in [-0.3, -0.25) is 4.57 Å². The Morgan fingerprint density at radius 3 is 2.11 bits per heavy atom. The lowest BCUT2D eigenvalue weighted by Crippen LogP contribution is -2.37. The van der Waals surface area contributed by atoms with Gasteiger partial charge in [-0.1, -0.05) is 30.3 Å². The maximum atomic E-state index is 12.5. The van der Waals surface area contributed by atoms with Gasteiger partial charge in [-0.25, -0.2) is 0 Å². The van der Waals surface area contributed by atoms with Gasteiger partial charge in [0, 0.05) is 0 Å². The van der Waals surface area contributed by atoms with E-state index in [9.17, 15) is 14.8 Å². The summed E-state index contributed by atoms with van der Waals surface area (Å²) in [5.74, 6) is -1.65. The molecule has 0 saturated heterocycles. The predicted molar refractivity (Wildman–Crippen MR) is 72.9 cm³/mol. The average molecular weight is 288 g/mol. The highest BCUT2D eigenvalue weighted by Crippen LogP contribution is 2.57. The van der Waals surface area contributed by atoms with Crippen molar-refractivity contribution in [2.24, 2.45) is 0 Å². The molecule has 2 atom stereocenters. The zero-order valence-corrected chi connectivity index (χ0v) is 12.3. The minimum atomic E-state index is -3.79. The van der Waals surface area contributed by atoms with Crippen molar-refractivity contribution in [2.45, 2.75) is 32.2 Å². The second kappa shape index (κ2) is 6.64. The topological polar surface area (TPSA) is 76.0 Å². The summed E-state index contributed by atoms with van der Waals surface area (Å²) in [5, 5.41) is 20.7. The van der Waals surface area contributed by atoms with Crippen LogP contribution in [0, 0.1) is 0 Å². The minimum absolute atomic E-state index is 0.124. The zero-order chi connectivity index (χ0) is 14.5. The Balaban J connectivity index is 3.08. The number of hydrogen-bond donors (Lipinski definition) is 2. The van der Waals surface area contributed by atoms with E-state index >= 15 is 0 Å². The Morgan fingerprint density at radius 2 is 1.68 bits per heavy atom. The maximum absolute atomic E-state index is 12.5. The van der Waals surface area contributed by atoms with Crippen LogP contribution in [-0.4, -0.2) is 29.3 Å². The molecule has 0 spiro atoms. The lowest BCUT2D eigenvalue weighted by atomic mass is 9.97. The van der Waals surface area contributed by atoms with Gasteiger partial charge in [0.25, 0.3) is 0 Å². The first-order valence-corrected chi connectivity index (χ1v) is 7.84. The Bertz CT molecular complexity index is 422. The lowest BCUT2D eigenvalue weighted by Gasteiger charge is -2.33. The van der Waals surface area contributed by atoms with Gasteiger partial charge in [0.2, 0.25) is 0 Å². The number of aliphatic hydroxyl groups is 2. The summed E-state index contributed by atoms with van der Waals surface area (Å²) in [6.07, 6.45) is 0. The van der Waals surface area contributed by atoms with Crippen LogP contribution in [0.5, 0.6) is 0 Å². The molecule has 2 N–H and O–H groups in total. The van der Waals surface area contributed by atoms with Crippen LogP contribution in [0.15, 0.2) is 30.3 Å². The fourth-order valence-electron chi connectivity index (χ4n) is 1.77. The molecule has 0 aliphatic carbocycles. The summed E-state index contributed by atoms with van der Waals surface area (Å²) in [4.78, 5) is 0. The van der Waals surface area contributed by atoms with Gasteiger partial charge < -0.3 is 19.3 Å². The summed E-state index contributed by atoms with van der Waals surface area (Å²) >= 11 is 0. The normalized spacial score (nSPS) is 16.9. The van der Waals surface area contributed by atoms with Crippen molar-refractivity contribution >= 4 is 7.60 Å². The molecule has 5 nitrogen and oxygen atoms in total. The van der Waals surface area contributed by atoms with E-state index in [2.05, 4.69) is 0 Å². The molecule has 1 aromatic carbocycles. The third-order valence-corrected chi connectivity index (χ3v) is 5.12. The predicted octanol–water partition coefficient (Wildman–Crippen LogP) is 2.48. The van der Waals surface area contributed by atoms with E-state index in [0.717, 1.165) is 0 Å². The van der Waals surface area contributed by atoms with Crippen molar-refractivity contribution in [1.82, 2.24) is 0 Å². The largest absolute Gasteiger partial charge is 0.382 e. The number of hydrogen-bond acceptors (Lipinski definition) is 5. The molecule has 0 radical (unpaired) electrons. The average Bonchev–Trinajstić information content (AvgIpc) is 2.39. The first-order chi connectivity index (χ1) is 8.88. The van der Waals surface area contributed by atoms with E-state index in [0.29, 0.717) is 5.56 Å². The van der Waals surface area contributed by atoms with Crippen molar-refractivity contribution in [1.29, 1.82) is 0 Å². The molecule has 1 aromatic rings. The standard InChI is InChI=1S/C13H21O5P/c1-4-17-19(16,18-5-2)12(14)13(3,15)11-9-7-6-8-10-11/h6-10,12,14-15H,4-5H2,1-3H3/t12-,13-/m0/s1. The number of rotatable bonds is 7. The van der Waals surface area contributed by atoms with Crippen molar-refractivity contribution in [3.05, 3.63) is 35.9 Å². The monoisotopic (exact) mass is 288 g/mol. The Morgan fingerprint density at radius 1 is 1.21 bits per heavy atom. The summed E-state index contributed by atoms with van der Waals surface area (Å²) in [7, 11) is -3.79. The summed E-state index contributed by atoms with van der Waals surface area (Å²) in [5.41, 5.74) is -1.27. The van der Waals surface area contributed by atoms with Crippen molar-refractivity contribution < 1.29 is 23.8 Å². The minimum Gasteiger partial charge on any atom is -0.382 e. The molecule has 0 aromatic heterocycles. The quantitative estimate of drug-likeness (QED) is 0.754. The highest BCUT2D eigenvalue weighted by atomic mass is 31.2. The van der Waals surface area contributed by atoms with Gasteiger partial charge in [-0.2, -0.15) is 0 Å². The van der Waals surface area contributed by atoms with E-state index < -0.39 is 19.0 Å². The Labute approximate surface area is 113 Å². The van der Waals surface area contributed by atoms with Crippen LogP contribution in [0.4, 0.5) is 0 Å². The molecule has 0 heterocycles. The van der Waals surface area contributed by atoms with Gasteiger partial charge in [-0.05, 0) is 26.3 Å². The van der Waals surface area contributed by atoms with Crippen LogP contribution < -0.4 is 0 Å². The molecule has 19 heavy (non-hydrogen) atoms. The van der Waals surface area contributed by atoms with Crippen molar-refractivity contribution in [3.63, 3.8) is 0 Å². The highest BCUT2D eigenvalue weighted by molar-refractivity contribution is 7.54. The zero-order valence-electron chi connectivity index (χ0n) is 11.4. The molecular formula is C13H21O5P. The van der Waals surface area contributed by atoms with Gasteiger partial charge in [-0.15, -0.1) is 0 Å². The van der Waals surface area contributed by atoms with Crippen LogP contribution in [0.1, 0.15) is 26.3 Å². The van der Waals surface area contributed by atoms with Gasteiger partial charge in [0.1, 0.15) is 5.60 Å². The van der Waals surface area contributed by atoms with Gasteiger partial charge >= 0.3 is 7.60 Å². The molecule has 108 valence electrons. The Hall–Kier alpha value is -0.710. The van der Waals surface area contributed by atoms with Crippen LogP contribution >= 0.6 is 7.60 Å². The lowest BCUT2D eigenvalue weighted by molar-refractivity contribution is -0.0414. The second-order valence-electron chi connectivity index (χ2n) is 4.26. The molecule has 0 bridgehead atoms. The van der Waals surface area contributed by atoms with Crippen LogP contribution in [0.2, 0.25) is 0 Å². The fourth-order valence-corrected chi connectivity index (χ4v) is 3.61. The van der Waals surface area contributed by atoms with E-state index in [1.54, 1.807) is 44.2 Å². The molecular weight excluding hydrogens is 267 g/mol. The third-order valence-electron chi connectivity index (χ3n) is 2.78. The molecule has 0 fully saturated rings. The SMILES string of the molecule is CCOP(=O)(OCC)[C@H](O)[C@@](C)(O)c1ccccc1. The smallest absolute Gasteiger partial charge is 0.362 e. The molecule has 6 heteroatoms. The van der Waals surface area contributed by atoms with Crippen molar-refractivity contribution in [2.75, 3.05) is 13.2 Å². The second-order valence-corrected chi connectivity index (χ2v) is 6.35. The fraction of sp³-hybridized carbons (Fsp3) is 0.538. The highest BCUT2D eigenvalue weighted by Gasteiger charge is 2.47. The number of aliphatic hydroxyl groups excluding tert-OH is 1. The number of benzene rings is 1. The third kappa shape index (κ3) is 3.65. The van der Waals surface area contributed by atoms with E-state index in [4.69, 9.17) is 9.05 Å². The first kappa shape index (κ1) is 16.3. The summed E-state index contributed by atoms with van der Waals surface area (Å²) in [6.45, 7) is 4.93. The summed E-state index contributed by atoms with van der Waals surface area (Å²) < 4.78 is 22.6.